The van der Waals surface area contributed by atoms with Crippen LogP contribution in [0.25, 0.3) is 0 Å². The Balaban J connectivity index is 2.94. The third-order valence-corrected chi connectivity index (χ3v) is 3.85. The van der Waals surface area contributed by atoms with Crippen molar-refractivity contribution in [3.8, 4) is 5.75 Å². The minimum absolute atomic E-state index is 0.105. The van der Waals surface area contributed by atoms with E-state index in [0.717, 1.165) is 12.2 Å². The second-order valence-corrected chi connectivity index (χ2v) is 6.88. The van der Waals surface area contributed by atoms with Gasteiger partial charge in [-0.1, -0.05) is 53.7 Å². The molecule has 0 aliphatic rings. The SMILES string of the molecule is CCc1ccc(OCC(NC)C(C)C)c(C(C)(C)C)c1. The van der Waals surface area contributed by atoms with Crippen LogP contribution in [0.15, 0.2) is 18.2 Å². The highest BCUT2D eigenvalue weighted by molar-refractivity contribution is 5.41. The van der Waals surface area contributed by atoms with Crippen LogP contribution in [0.5, 0.6) is 5.75 Å². The fourth-order valence-electron chi connectivity index (χ4n) is 2.30. The summed E-state index contributed by atoms with van der Waals surface area (Å²) in [6.45, 7) is 14.1. The molecule has 2 nitrogen and oxygen atoms in total. The summed E-state index contributed by atoms with van der Waals surface area (Å²) < 4.78 is 6.11. The van der Waals surface area contributed by atoms with Gasteiger partial charge in [0.25, 0.3) is 0 Å². The van der Waals surface area contributed by atoms with Crippen LogP contribution in [0.3, 0.4) is 0 Å². The molecule has 1 rings (SSSR count). The summed E-state index contributed by atoms with van der Waals surface area (Å²) in [5, 5.41) is 3.33. The van der Waals surface area contributed by atoms with Gasteiger partial charge in [0.2, 0.25) is 0 Å². The Kier molecular flexibility index (Phi) is 6.07. The van der Waals surface area contributed by atoms with Crippen LogP contribution in [-0.4, -0.2) is 19.7 Å². The number of hydrogen-bond donors (Lipinski definition) is 1. The van der Waals surface area contributed by atoms with Gasteiger partial charge in [-0.05, 0) is 42.0 Å². The van der Waals surface area contributed by atoms with Crippen molar-refractivity contribution >= 4 is 0 Å². The maximum Gasteiger partial charge on any atom is 0.123 e. The third-order valence-electron chi connectivity index (χ3n) is 3.85. The first-order valence-corrected chi connectivity index (χ1v) is 7.73. The maximum absolute atomic E-state index is 6.11. The van der Waals surface area contributed by atoms with Crippen molar-refractivity contribution in [1.82, 2.24) is 5.32 Å². The van der Waals surface area contributed by atoms with E-state index in [1.54, 1.807) is 0 Å². The second kappa shape index (κ2) is 7.12. The van der Waals surface area contributed by atoms with Crippen molar-refractivity contribution in [2.45, 2.75) is 59.4 Å². The van der Waals surface area contributed by atoms with E-state index in [4.69, 9.17) is 4.74 Å². The summed E-state index contributed by atoms with van der Waals surface area (Å²) in [5.74, 6) is 1.59. The van der Waals surface area contributed by atoms with Gasteiger partial charge in [0.05, 0.1) is 0 Å². The van der Waals surface area contributed by atoms with Crippen molar-refractivity contribution in [3.63, 3.8) is 0 Å². The van der Waals surface area contributed by atoms with Crippen LogP contribution >= 0.6 is 0 Å². The van der Waals surface area contributed by atoms with Gasteiger partial charge in [0, 0.05) is 6.04 Å². The zero-order valence-corrected chi connectivity index (χ0v) is 14.2. The highest BCUT2D eigenvalue weighted by Crippen LogP contribution is 2.32. The minimum atomic E-state index is 0.105. The zero-order valence-electron chi connectivity index (χ0n) is 14.2. The van der Waals surface area contributed by atoms with Crippen LogP contribution in [0, 0.1) is 5.92 Å². The summed E-state index contributed by atoms with van der Waals surface area (Å²) in [6.07, 6.45) is 1.06. The van der Waals surface area contributed by atoms with Crippen molar-refractivity contribution in [2.24, 2.45) is 5.92 Å². The molecule has 0 aliphatic heterocycles. The fourth-order valence-corrected chi connectivity index (χ4v) is 2.30. The summed E-state index contributed by atoms with van der Waals surface area (Å²) in [4.78, 5) is 0. The van der Waals surface area contributed by atoms with Gasteiger partial charge in [-0.25, -0.2) is 0 Å². The molecule has 0 radical (unpaired) electrons. The molecule has 1 atom stereocenters. The lowest BCUT2D eigenvalue weighted by molar-refractivity contribution is 0.233. The van der Waals surface area contributed by atoms with E-state index in [1.807, 2.05) is 7.05 Å². The van der Waals surface area contributed by atoms with Crippen molar-refractivity contribution < 1.29 is 4.74 Å². The van der Waals surface area contributed by atoms with Gasteiger partial charge in [-0.15, -0.1) is 0 Å². The highest BCUT2D eigenvalue weighted by Gasteiger charge is 2.20. The normalized spacial score (nSPS) is 13.6. The number of benzene rings is 1. The third kappa shape index (κ3) is 4.52. The molecule has 0 amide bonds. The molecule has 1 unspecified atom stereocenters. The molecule has 114 valence electrons. The first kappa shape index (κ1) is 17.0. The van der Waals surface area contributed by atoms with Crippen LogP contribution < -0.4 is 10.1 Å². The van der Waals surface area contributed by atoms with Crippen LogP contribution in [0.1, 0.15) is 52.7 Å². The molecule has 0 saturated carbocycles. The lowest BCUT2D eigenvalue weighted by atomic mass is 9.85. The van der Waals surface area contributed by atoms with E-state index >= 15 is 0 Å². The van der Waals surface area contributed by atoms with Gasteiger partial charge in [0.1, 0.15) is 12.4 Å². The van der Waals surface area contributed by atoms with Crippen molar-refractivity contribution in [3.05, 3.63) is 29.3 Å². The average molecular weight is 277 g/mol. The molecule has 0 bridgehead atoms. The van der Waals surface area contributed by atoms with E-state index in [9.17, 15) is 0 Å². The quantitative estimate of drug-likeness (QED) is 0.842. The molecule has 0 aliphatic carbocycles. The predicted molar refractivity (Wildman–Crippen MR) is 87.7 cm³/mol. The Morgan fingerprint density at radius 1 is 1.20 bits per heavy atom. The Morgan fingerprint density at radius 3 is 2.30 bits per heavy atom. The molecule has 0 heterocycles. The second-order valence-electron chi connectivity index (χ2n) is 6.88. The van der Waals surface area contributed by atoms with E-state index in [2.05, 4.69) is 65.1 Å². The fraction of sp³-hybridized carbons (Fsp3) is 0.667. The van der Waals surface area contributed by atoms with Crippen LogP contribution in [-0.2, 0) is 11.8 Å². The van der Waals surface area contributed by atoms with Crippen LogP contribution in [0.2, 0.25) is 0 Å². The molecule has 1 N–H and O–H groups in total. The highest BCUT2D eigenvalue weighted by atomic mass is 16.5. The lowest BCUT2D eigenvalue weighted by Gasteiger charge is -2.26. The molecule has 1 aromatic carbocycles. The van der Waals surface area contributed by atoms with Gasteiger partial charge >= 0.3 is 0 Å². The number of nitrogens with one attached hydrogen (secondary N) is 1. The van der Waals surface area contributed by atoms with E-state index in [-0.39, 0.29) is 5.41 Å². The lowest BCUT2D eigenvalue weighted by Crippen LogP contribution is -2.36. The van der Waals surface area contributed by atoms with E-state index in [0.29, 0.717) is 18.6 Å². The number of rotatable bonds is 6. The predicted octanol–water partition coefficient (Wildman–Crippen LogP) is 4.17. The van der Waals surface area contributed by atoms with Crippen LogP contribution in [0.4, 0.5) is 0 Å². The summed E-state index contributed by atoms with van der Waals surface area (Å²) in [5.41, 5.74) is 2.78. The Bertz CT molecular complexity index is 418. The Hall–Kier alpha value is -1.02. The zero-order chi connectivity index (χ0) is 15.3. The molecular formula is C18H31NO. The van der Waals surface area contributed by atoms with Crippen molar-refractivity contribution in [2.75, 3.05) is 13.7 Å². The maximum atomic E-state index is 6.11. The van der Waals surface area contributed by atoms with Gasteiger partial charge < -0.3 is 10.1 Å². The summed E-state index contributed by atoms with van der Waals surface area (Å²) in [7, 11) is 2.00. The number of aryl methyl sites for hydroxylation is 1. The van der Waals surface area contributed by atoms with E-state index < -0.39 is 0 Å². The monoisotopic (exact) mass is 277 g/mol. The largest absolute Gasteiger partial charge is 0.492 e. The molecular weight excluding hydrogens is 246 g/mol. The molecule has 0 fully saturated rings. The molecule has 2 heteroatoms. The van der Waals surface area contributed by atoms with Gasteiger partial charge in [-0.2, -0.15) is 0 Å². The number of ether oxygens (including phenoxy) is 1. The Morgan fingerprint density at radius 2 is 1.85 bits per heavy atom. The molecule has 0 spiro atoms. The topological polar surface area (TPSA) is 21.3 Å². The molecule has 20 heavy (non-hydrogen) atoms. The standard InChI is InChI=1S/C18H31NO/c1-8-14-9-10-17(15(11-14)18(4,5)6)20-12-16(19-7)13(2)3/h9-11,13,16,19H,8,12H2,1-7H3. The van der Waals surface area contributed by atoms with Crippen molar-refractivity contribution in [1.29, 1.82) is 0 Å². The summed E-state index contributed by atoms with van der Waals surface area (Å²) >= 11 is 0. The molecule has 0 aromatic heterocycles. The summed E-state index contributed by atoms with van der Waals surface area (Å²) in [6, 6.07) is 6.98. The van der Waals surface area contributed by atoms with Gasteiger partial charge in [0.15, 0.2) is 0 Å². The average Bonchev–Trinajstić information content (AvgIpc) is 2.38. The number of likely N-dealkylation sites (N-methyl/N-ethyl adjacent to an activating group) is 1. The first-order chi connectivity index (χ1) is 9.29. The molecule has 0 saturated heterocycles. The molecule has 1 aromatic rings. The smallest absolute Gasteiger partial charge is 0.123 e. The Labute approximate surface area is 124 Å². The van der Waals surface area contributed by atoms with Gasteiger partial charge in [-0.3, -0.25) is 0 Å². The minimum Gasteiger partial charge on any atom is -0.492 e. The number of hydrogen-bond acceptors (Lipinski definition) is 2. The van der Waals surface area contributed by atoms with E-state index in [1.165, 1.54) is 11.1 Å². The first-order valence-electron chi connectivity index (χ1n) is 7.73.